The van der Waals surface area contributed by atoms with Crippen LogP contribution in [-0.4, -0.2) is 23.3 Å². The fourth-order valence-electron chi connectivity index (χ4n) is 2.65. The SMILES string of the molecule is COC(=O)Cc1[nH]nc2c1[C@H](c1ccc(Cl)cc1)C(C#N)=C(N)O2. The average Bonchev–Trinajstić information content (AvgIpc) is 2.96. The lowest BCUT2D eigenvalue weighted by molar-refractivity contribution is -0.139. The van der Waals surface area contributed by atoms with Gasteiger partial charge in [-0.05, 0) is 17.7 Å². The van der Waals surface area contributed by atoms with Gasteiger partial charge in [0.1, 0.15) is 11.6 Å². The molecule has 122 valence electrons. The number of methoxy groups -OCH3 is 1. The standard InChI is InChI=1S/C16H13ClN4O3/c1-23-12(22)6-11-14-13(8-2-4-9(17)5-3-8)10(7-18)15(19)24-16(14)21-20-11/h2-5,13H,6,19H2,1H3,(H,20,21)/t13-/m1/s1. The van der Waals surface area contributed by atoms with E-state index in [1.54, 1.807) is 24.3 Å². The maximum atomic E-state index is 11.6. The van der Waals surface area contributed by atoms with Crippen LogP contribution in [0.3, 0.4) is 0 Å². The van der Waals surface area contributed by atoms with Crippen LogP contribution in [0.25, 0.3) is 0 Å². The molecule has 1 atom stereocenters. The number of hydrogen-bond acceptors (Lipinski definition) is 6. The van der Waals surface area contributed by atoms with Gasteiger partial charge in [-0.1, -0.05) is 23.7 Å². The van der Waals surface area contributed by atoms with Gasteiger partial charge in [0.05, 0.1) is 30.7 Å². The van der Waals surface area contributed by atoms with Crippen molar-refractivity contribution in [2.45, 2.75) is 12.3 Å². The number of benzene rings is 1. The summed E-state index contributed by atoms with van der Waals surface area (Å²) in [6, 6.07) is 9.11. The van der Waals surface area contributed by atoms with E-state index in [0.717, 1.165) is 5.56 Å². The number of esters is 1. The van der Waals surface area contributed by atoms with E-state index in [1.165, 1.54) is 7.11 Å². The highest BCUT2D eigenvalue weighted by molar-refractivity contribution is 6.30. The van der Waals surface area contributed by atoms with Gasteiger partial charge in [0, 0.05) is 5.02 Å². The van der Waals surface area contributed by atoms with Crippen molar-refractivity contribution in [1.82, 2.24) is 10.2 Å². The predicted octanol–water partition coefficient (Wildman–Crippen LogP) is 2.00. The van der Waals surface area contributed by atoms with Crippen molar-refractivity contribution in [3.8, 4) is 11.9 Å². The van der Waals surface area contributed by atoms with Crippen molar-refractivity contribution in [3.05, 3.63) is 57.6 Å². The van der Waals surface area contributed by atoms with Gasteiger partial charge in [-0.25, -0.2) is 0 Å². The first kappa shape index (κ1) is 15.9. The zero-order chi connectivity index (χ0) is 17.3. The zero-order valence-electron chi connectivity index (χ0n) is 12.7. The fraction of sp³-hybridized carbons (Fsp3) is 0.188. The predicted molar refractivity (Wildman–Crippen MR) is 85.1 cm³/mol. The second-order valence-electron chi connectivity index (χ2n) is 5.15. The van der Waals surface area contributed by atoms with Crippen molar-refractivity contribution >= 4 is 17.6 Å². The number of nitrogens with two attached hydrogens (primary N) is 1. The molecule has 8 heteroatoms. The first-order valence-corrected chi connectivity index (χ1v) is 7.40. The van der Waals surface area contributed by atoms with Crippen molar-refractivity contribution in [2.24, 2.45) is 5.73 Å². The minimum atomic E-state index is -0.505. The fourth-order valence-corrected chi connectivity index (χ4v) is 2.77. The normalized spacial score (nSPS) is 16.1. The third-order valence-corrected chi connectivity index (χ3v) is 4.02. The Kier molecular flexibility index (Phi) is 4.15. The van der Waals surface area contributed by atoms with Gasteiger partial charge >= 0.3 is 5.97 Å². The largest absolute Gasteiger partial charge is 0.469 e. The zero-order valence-corrected chi connectivity index (χ0v) is 13.4. The van der Waals surface area contributed by atoms with Crippen LogP contribution in [0.4, 0.5) is 0 Å². The van der Waals surface area contributed by atoms with Gasteiger partial charge in [0.25, 0.3) is 0 Å². The summed E-state index contributed by atoms with van der Waals surface area (Å²) in [5.74, 6) is -0.710. The highest BCUT2D eigenvalue weighted by Gasteiger charge is 2.35. The first-order valence-electron chi connectivity index (χ1n) is 7.02. The molecule has 1 aliphatic rings. The third-order valence-electron chi connectivity index (χ3n) is 3.77. The van der Waals surface area contributed by atoms with E-state index in [0.29, 0.717) is 16.3 Å². The Labute approximate surface area is 142 Å². The van der Waals surface area contributed by atoms with Gasteiger partial charge < -0.3 is 15.2 Å². The Morgan fingerprint density at radius 1 is 1.50 bits per heavy atom. The Morgan fingerprint density at radius 2 is 2.21 bits per heavy atom. The number of halogens is 1. The minimum absolute atomic E-state index is 0.0129. The maximum Gasteiger partial charge on any atom is 0.311 e. The number of rotatable bonds is 3. The molecule has 24 heavy (non-hydrogen) atoms. The number of nitrogens with zero attached hydrogens (tertiary/aromatic N) is 2. The van der Waals surface area contributed by atoms with Gasteiger partial charge in [-0.2, -0.15) is 5.26 Å². The molecule has 2 aromatic rings. The van der Waals surface area contributed by atoms with E-state index in [2.05, 4.69) is 16.3 Å². The molecule has 3 rings (SSSR count). The van der Waals surface area contributed by atoms with Crippen molar-refractivity contribution < 1.29 is 14.3 Å². The number of nitriles is 1. The van der Waals surface area contributed by atoms with Gasteiger partial charge in [0.2, 0.25) is 11.8 Å². The molecule has 1 aromatic carbocycles. The molecule has 0 aliphatic carbocycles. The topological polar surface area (TPSA) is 114 Å². The molecule has 0 fully saturated rings. The van der Waals surface area contributed by atoms with Crippen LogP contribution in [0.15, 0.2) is 35.7 Å². The number of aromatic nitrogens is 2. The van der Waals surface area contributed by atoms with Gasteiger partial charge in [0.15, 0.2) is 0 Å². The second-order valence-corrected chi connectivity index (χ2v) is 5.59. The van der Waals surface area contributed by atoms with Crippen molar-refractivity contribution in [3.63, 3.8) is 0 Å². The highest BCUT2D eigenvalue weighted by Crippen LogP contribution is 2.43. The number of hydrogen-bond donors (Lipinski definition) is 2. The van der Waals surface area contributed by atoms with E-state index in [4.69, 9.17) is 26.8 Å². The Hall–Kier alpha value is -2.98. The number of nitrogens with one attached hydrogen (secondary N) is 1. The highest BCUT2D eigenvalue weighted by atomic mass is 35.5. The molecule has 0 saturated heterocycles. The summed E-state index contributed by atoms with van der Waals surface area (Å²) in [5, 5.41) is 16.9. The lowest BCUT2D eigenvalue weighted by Gasteiger charge is -2.24. The molecule has 2 heterocycles. The van der Waals surface area contributed by atoms with Crippen LogP contribution in [0.1, 0.15) is 22.7 Å². The summed E-state index contributed by atoms with van der Waals surface area (Å²) in [4.78, 5) is 11.6. The maximum absolute atomic E-state index is 11.6. The molecule has 1 aromatic heterocycles. The Morgan fingerprint density at radius 3 is 2.83 bits per heavy atom. The lowest BCUT2D eigenvalue weighted by Crippen LogP contribution is -2.21. The van der Waals surface area contributed by atoms with E-state index >= 15 is 0 Å². The second kappa shape index (κ2) is 6.26. The summed E-state index contributed by atoms with van der Waals surface area (Å²) in [5.41, 5.74) is 8.00. The van der Waals surface area contributed by atoms with E-state index in [-0.39, 0.29) is 23.8 Å². The van der Waals surface area contributed by atoms with Crippen LogP contribution in [0.5, 0.6) is 5.88 Å². The summed E-state index contributed by atoms with van der Waals surface area (Å²) in [6.45, 7) is 0. The molecule has 0 bridgehead atoms. The van der Waals surface area contributed by atoms with Crippen LogP contribution in [0, 0.1) is 11.3 Å². The molecule has 0 radical (unpaired) electrons. The quantitative estimate of drug-likeness (QED) is 0.823. The molecule has 0 amide bonds. The Bertz CT molecular complexity index is 864. The number of carbonyl (C=O) groups excluding carboxylic acids is 1. The summed E-state index contributed by atoms with van der Waals surface area (Å²) < 4.78 is 10.1. The molecule has 3 N–H and O–H groups in total. The summed E-state index contributed by atoms with van der Waals surface area (Å²) >= 11 is 5.94. The minimum Gasteiger partial charge on any atom is -0.469 e. The number of H-pyrrole nitrogens is 1. The van der Waals surface area contributed by atoms with E-state index < -0.39 is 11.9 Å². The van der Waals surface area contributed by atoms with E-state index in [9.17, 15) is 10.1 Å². The molecular weight excluding hydrogens is 332 g/mol. The number of fused-ring (bicyclic) bond motifs is 1. The molecule has 0 spiro atoms. The number of allylic oxidation sites excluding steroid dienone is 1. The molecule has 0 unspecified atom stereocenters. The molecule has 7 nitrogen and oxygen atoms in total. The molecule has 1 aliphatic heterocycles. The third kappa shape index (κ3) is 2.68. The number of aromatic amines is 1. The average molecular weight is 345 g/mol. The number of ether oxygens (including phenoxy) is 2. The van der Waals surface area contributed by atoms with Crippen molar-refractivity contribution in [1.29, 1.82) is 5.26 Å². The number of carbonyl (C=O) groups is 1. The first-order chi connectivity index (χ1) is 11.5. The lowest BCUT2D eigenvalue weighted by atomic mass is 9.83. The molecular formula is C16H13ClN4O3. The van der Waals surface area contributed by atoms with Crippen LogP contribution in [-0.2, 0) is 16.0 Å². The van der Waals surface area contributed by atoms with Crippen LogP contribution >= 0.6 is 11.6 Å². The molecule has 0 saturated carbocycles. The monoisotopic (exact) mass is 344 g/mol. The summed E-state index contributed by atoms with van der Waals surface area (Å²) in [6.07, 6.45) is -0.0229. The smallest absolute Gasteiger partial charge is 0.311 e. The summed E-state index contributed by atoms with van der Waals surface area (Å²) in [7, 11) is 1.30. The van der Waals surface area contributed by atoms with Gasteiger partial charge in [-0.3, -0.25) is 9.89 Å². The van der Waals surface area contributed by atoms with Crippen LogP contribution < -0.4 is 10.5 Å². The van der Waals surface area contributed by atoms with Crippen molar-refractivity contribution in [2.75, 3.05) is 7.11 Å². The van der Waals surface area contributed by atoms with Gasteiger partial charge in [-0.15, -0.1) is 5.10 Å². The Balaban J connectivity index is 2.15. The van der Waals surface area contributed by atoms with E-state index in [1.807, 2.05) is 0 Å². The van der Waals surface area contributed by atoms with Crippen LogP contribution in [0.2, 0.25) is 5.02 Å².